The Hall–Kier alpha value is -1.06. The highest BCUT2D eigenvalue weighted by Crippen LogP contribution is 2.26. The summed E-state index contributed by atoms with van der Waals surface area (Å²) in [4.78, 5) is 28.8. The molecule has 0 radical (unpaired) electrons. The lowest BCUT2D eigenvalue weighted by Gasteiger charge is -2.32. The van der Waals surface area contributed by atoms with E-state index in [9.17, 15) is 9.59 Å². The van der Waals surface area contributed by atoms with Crippen LogP contribution in [0.5, 0.6) is 0 Å². The Kier molecular flexibility index (Phi) is 5.44. The molecule has 0 aromatic carbocycles. The number of fused-ring (bicyclic) bond motifs is 1. The lowest BCUT2D eigenvalue weighted by atomic mass is 10.0. The highest BCUT2D eigenvalue weighted by molar-refractivity contribution is 5.90. The molecule has 0 N–H and O–H groups in total. The molecule has 0 aliphatic carbocycles. The summed E-state index contributed by atoms with van der Waals surface area (Å²) in [5, 5.41) is 0. The van der Waals surface area contributed by atoms with Crippen LogP contribution in [0.3, 0.4) is 0 Å². The Morgan fingerprint density at radius 1 is 1.15 bits per heavy atom. The van der Waals surface area contributed by atoms with Gasteiger partial charge in [-0.05, 0) is 25.7 Å². The molecule has 2 aliphatic heterocycles. The molecule has 2 rings (SSSR count). The van der Waals surface area contributed by atoms with Crippen LogP contribution in [-0.2, 0) is 9.59 Å². The predicted molar refractivity (Wildman–Crippen MR) is 79.3 cm³/mol. The summed E-state index contributed by atoms with van der Waals surface area (Å²) >= 11 is 0. The molecule has 2 aliphatic rings. The van der Waals surface area contributed by atoms with Crippen LogP contribution in [0.15, 0.2) is 0 Å². The van der Waals surface area contributed by atoms with Crippen LogP contribution in [0.25, 0.3) is 0 Å². The SMILES string of the molecule is CCCCC(CCC)N1CCC(=O)N2CCCC2C1=O. The normalized spacial score (nSPS) is 24.8. The topological polar surface area (TPSA) is 40.6 Å². The van der Waals surface area contributed by atoms with Crippen molar-refractivity contribution in [3.05, 3.63) is 0 Å². The van der Waals surface area contributed by atoms with E-state index in [2.05, 4.69) is 13.8 Å². The highest BCUT2D eigenvalue weighted by Gasteiger charge is 2.40. The first kappa shape index (κ1) is 15.3. The summed E-state index contributed by atoms with van der Waals surface area (Å²) < 4.78 is 0. The molecule has 2 unspecified atom stereocenters. The quantitative estimate of drug-likeness (QED) is 0.750. The van der Waals surface area contributed by atoms with Crippen LogP contribution >= 0.6 is 0 Å². The van der Waals surface area contributed by atoms with Crippen LogP contribution in [0.2, 0.25) is 0 Å². The van der Waals surface area contributed by atoms with Crippen molar-refractivity contribution in [2.45, 2.75) is 77.3 Å². The lowest BCUT2D eigenvalue weighted by molar-refractivity contribution is -0.140. The fraction of sp³-hybridized carbons (Fsp3) is 0.875. The Balaban J connectivity index is 2.11. The van der Waals surface area contributed by atoms with Gasteiger partial charge in [-0.3, -0.25) is 9.59 Å². The summed E-state index contributed by atoms with van der Waals surface area (Å²) in [5.74, 6) is 0.386. The number of unbranched alkanes of at least 4 members (excludes halogenated alkanes) is 1. The van der Waals surface area contributed by atoms with Crippen LogP contribution < -0.4 is 0 Å². The minimum atomic E-state index is -0.161. The fourth-order valence-corrected chi connectivity index (χ4v) is 3.57. The van der Waals surface area contributed by atoms with Crippen LogP contribution in [0, 0.1) is 0 Å². The van der Waals surface area contributed by atoms with E-state index in [-0.39, 0.29) is 17.9 Å². The largest absolute Gasteiger partial charge is 0.337 e. The summed E-state index contributed by atoms with van der Waals surface area (Å²) in [6, 6.07) is 0.173. The van der Waals surface area contributed by atoms with E-state index in [1.807, 2.05) is 9.80 Å². The molecule has 2 heterocycles. The standard InChI is InChI=1S/C16H28N2O2/c1-3-5-8-13(7-4-2)17-12-10-15(19)18-11-6-9-14(18)16(17)20/h13-14H,3-12H2,1-2H3. The van der Waals surface area contributed by atoms with Gasteiger partial charge < -0.3 is 9.80 Å². The Morgan fingerprint density at radius 3 is 2.65 bits per heavy atom. The molecule has 0 saturated carbocycles. The van der Waals surface area contributed by atoms with Crippen LogP contribution in [-0.4, -0.2) is 46.8 Å². The van der Waals surface area contributed by atoms with E-state index >= 15 is 0 Å². The van der Waals surface area contributed by atoms with E-state index in [4.69, 9.17) is 0 Å². The van der Waals surface area contributed by atoms with Gasteiger partial charge >= 0.3 is 0 Å². The van der Waals surface area contributed by atoms with Gasteiger partial charge in [0.05, 0.1) is 0 Å². The number of hydrogen-bond donors (Lipinski definition) is 0. The highest BCUT2D eigenvalue weighted by atomic mass is 16.2. The maximum Gasteiger partial charge on any atom is 0.245 e. The van der Waals surface area contributed by atoms with Gasteiger partial charge in [0.15, 0.2) is 0 Å². The Morgan fingerprint density at radius 2 is 1.95 bits per heavy atom. The molecule has 2 fully saturated rings. The summed E-state index contributed by atoms with van der Waals surface area (Å²) in [7, 11) is 0. The van der Waals surface area contributed by atoms with Crippen molar-refractivity contribution in [1.82, 2.24) is 9.80 Å². The minimum absolute atomic E-state index is 0.161. The van der Waals surface area contributed by atoms with Gasteiger partial charge in [-0.25, -0.2) is 0 Å². The van der Waals surface area contributed by atoms with Gasteiger partial charge in [0.1, 0.15) is 6.04 Å². The van der Waals surface area contributed by atoms with Crippen molar-refractivity contribution in [2.75, 3.05) is 13.1 Å². The van der Waals surface area contributed by atoms with Gasteiger partial charge in [-0.15, -0.1) is 0 Å². The number of nitrogens with zero attached hydrogens (tertiary/aromatic N) is 2. The second kappa shape index (κ2) is 7.09. The minimum Gasteiger partial charge on any atom is -0.337 e. The first-order chi connectivity index (χ1) is 9.69. The molecule has 20 heavy (non-hydrogen) atoms. The molecule has 0 aromatic heterocycles. The number of rotatable bonds is 6. The van der Waals surface area contributed by atoms with E-state index in [0.717, 1.165) is 51.5 Å². The second-order valence-corrected chi connectivity index (χ2v) is 6.11. The van der Waals surface area contributed by atoms with Gasteiger partial charge in [0.25, 0.3) is 0 Å². The zero-order valence-corrected chi connectivity index (χ0v) is 12.9. The van der Waals surface area contributed by atoms with Crippen LogP contribution in [0.4, 0.5) is 0 Å². The first-order valence-electron chi connectivity index (χ1n) is 8.29. The van der Waals surface area contributed by atoms with Crippen molar-refractivity contribution in [2.24, 2.45) is 0 Å². The molecule has 2 amide bonds. The predicted octanol–water partition coefficient (Wildman–Crippen LogP) is 2.57. The summed E-state index contributed by atoms with van der Waals surface area (Å²) in [6.45, 7) is 5.76. The van der Waals surface area contributed by atoms with Crippen LogP contribution in [0.1, 0.15) is 65.2 Å². The molecule has 0 spiro atoms. The molecule has 0 bridgehead atoms. The summed E-state index contributed by atoms with van der Waals surface area (Å²) in [6.07, 6.45) is 7.91. The summed E-state index contributed by atoms with van der Waals surface area (Å²) in [5.41, 5.74) is 0. The number of hydrogen-bond acceptors (Lipinski definition) is 2. The third-order valence-corrected chi connectivity index (χ3v) is 4.66. The van der Waals surface area contributed by atoms with E-state index in [0.29, 0.717) is 19.0 Å². The van der Waals surface area contributed by atoms with Crippen molar-refractivity contribution in [3.8, 4) is 0 Å². The monoisotopic (exact) mass is 280 g/mol. The van der Waals surface area contributed by atoms with E-state index < -0.39 is 0 Å². The number of carbonyl (C=O) groups excluding carboxylic acids is 2. The first-order valence-corrected chi connectivity index (χ1v) is 8.29. The van der Waals surface area contributed by atoms with E-state index in [1.54, 1.807) is 0 Å². The Bertz CT molecular complexity index is 356. The van der Waals surface area contributed by atoms with Gasteiger partial charge in [0, 0.05) is 25.6 Å². The van der Waals surface area contributed by atoms with Gasteiger partial charge in [0.2, 0.25) is 11.8 Å². The average molecular weight is 280 g/mol. The molecular formula is C16H28N2O2. The third kappa shape index (κ3) is 3.15. The molecule has 0 aromatic rings. The zero-order chi connectivity index (χ0) is 14.5. The molecule has 114 valence electrons. The number of amides is 2. The van der Waals surface area contributed by atoms with Crippen molar-refractivity contribution < 1.29 is 9.59 Å². The molecule has 4 nitrogen and oxygen atoms in total. The molecule has 2 atom stereocenters. The molecule has 2 saturated heterocycles. The molecule has 4 heteroatoms. The zero-order valence-electron chi connectivity index (χ0n) is 12.9. The van der Waals surface area contributed by atoms with Crippen molar-refractivity contribution in [3.63, 3.8) is 0 Å². The maximum atomic E-state index is 12.8. The second-order valence-electron chi connectivity index (χ2n) is 6.11. The lowest BCUT2D eigenvalue weighted by Crippen LogP contribution is -2.47. The van der Waals surface area contributed by atoms with Gasteiger partial charge in [-0.2, -0.15) is 0 Å². The van der Waals surface area contributed by atoms with Gasteiger partial charge in [-0.1, -0.05) is 33.1 Å². The Labute approximate surface area is 122 Å². The molecular weight excluding hydrogens is 252 g/mol. The third-order valence-electron chi connectivity index (χ3n) is 4.66. The fourth-order valence-electron chi connectivity index (χ4n) is 3.57. The van der Waals surface area contributed by atoms with E-state index in [1.165, 1.54) is 0 Å². The average Bonchev–Trinajstić information content (AvgIpc) is 2.89. The maximum absolute atomic E-state index is 12.8. The smallest absolute Gasteiger partial charge is 0.245 e. The van der Waals surface area contributed by atoms with Crippen molar-refractivity contribution >= 4 is 11.8 Å². The number of carbonyl (C=O) groups is 2. The van der Waals surface area contributed by atoms with Crippen molar-refractivity contribution in [1.29, 1.82) is 0 Å².